The van der Waals surface area contributed by atoms with E-state index in [4.69, 9.17) is 4.74 Å². The third kappa shape index (κ3) is 5.84. The van der Waals surface area contributed by atoms with Gasteiger partial charge in [0.05, 0.1) is 16.9 Å². The molecule has 0 aromatic heterocycles. The summed E-state index contributed by atoms with van der Waals surface area (Å²) in [7, 11) is 0. The summed E-state index contributed by atoms with van der Waals surface area (Å²) < 4.78 is 5.11. The molecule has 0 bridgehead atoms. The molecule has 1 N–H and O–H groups in total. The van der Waals surface area contributed by atoms with Crippen LogP contribution in [0.15, 0.2) is 83.0 Å². The number of rotatable bonds is 6. The van der Waals surface area contributed by atoms with E-state index >= 15 is 0 Å². The minimum Gasteiger partial charge on any atom is -0.452 e. The molecular weight excluding hydrogens is 366 g/mol. The van der Waals surface area contributed by atoms with Crippen LogP contribution in [0.4, 0.5) is 17.1 Å². The van der Waals surface area contributed by atoms with E-state index in [1.54, 1.807) is 30.3 Å². The van der Waals surface area contributed by atoms with Gasteiger partial charge >= 0.3 is 5.97 Å². The smallest absolute Gasteiger partial charge is 0.338 e. The fourth-order valence-electron chi connectivity index (χ4n) is 2.67. The molecule has 3 aromatic carbocycles. The van der Waals surface area contributed by atoms with Crippen molar-refractivity contribution in [2.45, 2.75) is 13.8 Å². The van der Waals surface area contributed by atoms with Gasteiger partial charge in [-0.1, -0.05) is 35.9 Å². The Kier molecular flexibility index (Phi) is 6.47. The summed E-state index contributed by atoms with van der Waals surface area (Å²) in [6.45, 7) is 3.42. The average molecular weight is 387 g/mol. The molecule has 0 fully saturated rings. The number of aryl methyl sites for hydroxylation is 2. The van der Waals surface area contributed by atoms with E-state index in [9.17, 15) is 9.59 Å². The maximum Gasteiger partial charge on any atom is 0.338 e. The van der Waals surface area contributed by atoms with Crippen molar-refractivity contribution < 1.29 is 14.3 Å². The second kappa shape index (κ2) is 9.41. The molecule has 29 heavy (non-hydrogen) atoms. The first-order valence-electron chi connectivity index (χ1n) is 9.12. The van der Waals surface area contributed by atoms with Crippen molar-refractivity contribution in [1.29, 1.82) is 0 Å². The topological polar surface area (TPSA) is 80.1 Å². The number of anilines is 1. The maximum atomic E-state index is 12.1. The number of amides is 1. The van der Waals surface area contributed by atoms with E-state index in [2.05, 4.69) is 15.5 Å². The number of hydrogen-bond donors (Lipinski definition) is 1. The van der Waals surface area contributed by atoms with Crippen LogP contribution in [0.25, 0.3) is 0 Å². The highest BCUT2D eigenvalue weighted by Gasteiger charge is 2.12. The van der Waals surface area contributed by atoms with Crippen LogP contribution in [0.1, 0.15) is 21.5 Å². The number of nitrogens with one attached hydrogen (secondary N) is 1. The van der Waals surface area contributed by atoms with Gasteiger partial charge in [0.1, 0.15) is 0 Å². The molecule has 6 heteroatoms. The van der Waals surface area contributed by atoms with Crippen LogP contribution in [0.5, 0.6) is 0 Å². The van der Waals surface area contributed by atoms with Crippen LogP contribution < -0.4 is 5.32 Å². The Hall–Kier alpha value is -3.80. The number of azo groups is 1. The molecule has 3 aromatic rings. The molecule has 3 rings (SSSR count). The number of benzene rings is 3. The Labute approximate surface area is 169 Å². The lowest BCUT2D eigenvalue weighted by atomic mass is 10.1. The number of ether oxygens (including phenoxy) is 1. The summed E-state index contributed by atoms with van der Waals surface area (Å²) in [5.41, 5.74) is 4.33. The zero-order chi connectivity index (χ0) is 20.6. The third-order valence-corrected chi connectivity index (χ3v) is 4.12. The van der Waals surface area contributed by atoms with Crippen LogP contribution >= 0.6 is 0 Å². The van der Waals surface area contributed by atoms with Crippen LogP contribution in [-0.2, 0) is 9.53 Å². The van der Waals surface area contributed by atoms with Gasteiger partial charge in [-0.15, -0.1) is 0 Å². The molecule has 0 radical (unpaired) electrons. The number of nitrogens with zero attached hydrogens (tertiary/aromatic N) is 2. The van der Waals surface area contributed by atoms with Crippen LogP contribution in [0.3, 0.4) is 0 Å². The van der Waals surface area contributed by atoms with Crippen molar-refractivity contribution in [2.75, 3.05) is 11.9 Å². The lowest BCUT2D eigenvalue weighted by Crippen LogP contribution is -2.21. The van der Waals surface area contributed by atoms with Crippen molar-refractivity contribution >= 4 is 28.9 Å². The van der Waals surface area contributed by atoms with Crippen LogP contribution in [-0.4, -0.2) is 18.5 Å². The zero-order valence-electron chi connectivity index (χ0n) is 16.3. The predicted octanol–water partition coefficient (Wildman–Crippen LogP) is 5.51. The molecule has 0 atom stereocenters. The Morgan fingerprint density at radius 3 is 2.17 bits per heavy atom. The zero-order valence-corrected chi connectivity index (χ0v) is 16.3. The van der Waals surface area contributed by atoms with Gasteiger partial charge in [0, 0.05) is 5.69 Å². The van der Waals surface area contributed by atoms with Gasteiger partial charge in [0.2, 0.25) is 0 Å². The number of esters is 1. The molecule has 0 heterocycles. The monoisotopic (exact) mass is 387 g/mol. The molecule has 0 saturated heterocycles. The average Bonchev–Trinajstić information content (AvgIpc) is 2.72. The number of hydrogen-bond acceptors (Lipinski definition) is 5. The number of carbonyl (C=O) groups is 2. The Morgan fingerprint density at radius 2 is 1.52 bits per heavy atom. The largest absolute Gasteiger partial charge is 0.452 e. The summed E-state index contributed by atoms with van der Waals surface area (Å²) >= 11 is 0. The van der Waals surface area contributed by atoms with E-state index < -0.39 is 11.9 Å². The van der Waals surface area contributed by atoms with Crippen molar-refractivity contribution in [3.8, 4) is 0 Å². The molecule has 0 saturated carbocycles. The third-order valence-electron chi connectivity index (χ3n) is 4.12. The van der Waals surface area contributed by atoms with E-state index in [1.807, 2.05) is 56.3 Å². The molecule has 0 unspecified atom stereocenters. The minimum absolute atomic E-state index is 0.360. The summed E-state index contributed by atoms with van der Waals surface area (Å²) in [4.78, 5) is 24.2. The summed E-state index contributed by atoms with van der Waals surface area (Å²) in [6, 6.07) is 21.7. The number of carbonyl (C=O) groups excluding carboxylic acids is 2. The first-order chi connectivity index (χ1) is 14.0. The molecule has 1 amide bonds. The highest BCUT2D eigenvalue weighted by molar-refractivity contribution is 5.96. The Balaban J connectivity index is 1.51. The molecule has 146 valence electrons. The van der Waals surface area contributed by atoms with Gasteiger partial charge in [-0.05, 0) is 61.9 Å². The van der Waals surface area contributed by atoms with Crippen molar-refractivity contribution in [3.05, 3.63) is 89.5 Å². The lowest BCUT2D eigenvalue weighted by molar-refractivity contribution is -0.119. The van der Waals surface area contributed by atoms with Gasteiger partial charge in [0.25, 0.3) is 5.91 Å². The molecule has 0 aliphatic rings. The fourth-order valence-corrected chi connectivity index (χ4v) is 2.67. The van der Waals surface area contributed by atoms with Crippen LogP contribution in [0, 0.1) is 13.8 Å². The summed E-state index contributed by atoms with van der Waals surface area (Å²) in [5.74, 6) is -0.934. The molecule has 0 spiro atoms. The minimum atomic E-state index is -0.519. The summed E-state index contributed by atoms with van der Waals surface area (Å²) in [5, 5.41) is 11.0. The summed E-state index contributed by atoms with van der Waals surface area (Å²) in [6.07, 6.45) is 0. The molecule has 0 aliphatic heterocycles. The van der Waals surface area contributed by atoms with E-state index in [0.29, 0.717) is 16.9 Å². The highest BCUT2D eigenvalue weighted by atomic mass is 16.5. The second-order valence-corrected chi connectivity index (χ2v) is 6.53. The standard InChI is InChI=1S/C23H21N3O3/c1-16-8-13-21(17(2)14-16)23(28)29-15-22(27)24-18-9-11-20(12-10-18)26-25-19-6-4-3-5-7-19/h3-14H,15H2,1-2H3,(H,24,27). The highest BCUT2D eigenvalue weighted by Crippen LogP contribution is 2.20. The molecule has 0 aliphatic carbocycles. The lowest BCUT2D eigenvalue weighted by Gasteiger charge is -2.08. The molecule has 6 nitrogen and oxygen atoms in total. The second-order valence-electron chi connectivity index (χ2n) is 6.53. The van der Waals surface area contributed by atoms with Gasteiger partial charge in [-0.3, -0.25) is 4.79 Å². The van der Waals surface area contributed by atoms with Crippen LogP contribution in [0.2, 0.25) is 0 Å². The maximum absolute atomic E-state index is 12.1. The van der Waals surface area contributed by atoms with E-state index in [1.165, 1.54) is 0 Å². The van der Waals surface area contributed by atoms with Gasteiger partial charge in [0.15, 0.2) is 6.61 Å². The first kappa shape index (κ1) is 19.9. The van der Waals surface area contributed by atoms with Crippen molar-refractivity contribution in [1.82, 2.24) is 0 Å². The normalized spacial score (nSPS) is 10.7. The van der Waals surface area contributed by atoms with Crippen molar-refractivity contribution in [3.63, 3.8) is 0 Å². The van der Waals surface area contributed by atoms with Crippen molar-refractivity contribution in [2.24, 2.45) is 10.2 Å². The van der Waals surface area contributed by atoms with Gasteiger partial charge in [-0.25, -0.2) is 4.79 Å². The SMILES string of the molecule is Cc1ccc(C(=O)OCC(=O)Nc2ccc(N=Nc3ccccc3)cc2)c(C)c1. The first-order valence-corrected chi connectivity index (χ1v) is 9.12. The molecular formula is C23H21N3O3. The van der Waals surface area contributed by atoms with Gasteiger partial charge < -0.3 is 10.1 Å². The van der Waals surface area contributed by atoms with Gasteiger partial charge in [-0.2, -0.15) is 10.2 Å². The predicted molar refractivity (Wildman–Crippen MR) is 112 cm³/mol. The van der Waals surface area contributed by atoms with E-state index in [-0.39, 0.29) is 6.61 Å². The Bertz CT molecular complexity index is 1030. The quantitative estimate of drug-likeness (QED) is 0.447. The Morgan fingerprint density at radius 1 is 0.862 bits per heavy atom. The fraction of sp³-hybridized carbons (Fsp3) is 0.130. The van der Waals surface area contributed by atoms with E-state index in [0.717, 1.165) is 16.8 Å².